The number of anilines is 2. The lowest BCUT2D eigenvalue weighted by Gasteiger charge is -2.40. The molecule has 4 N–H and O–H groups in total. The fourth-order valence-corrected chi connectivity index (χ4v) is 7.36. The van der Waals surface area contributed by atoms with Gasteiger partial charge in [0.2, 0.25) is 5.95 Å². The van der Waals surface area contributed by atoms with Gasteiger partial charge < -0.3 is 25.8 Å². The topological polar surface area (TPSA) is 133 Å². The van der Waals surface area contributed by atoms with Crippen LogP contribution in [0.15, 0.2) is 12.4 Å². The van der Waals surface area contributed by atoms with E-state index in [2.05, 4.69) is 35.5 Å². The van der Waals surface area contributed by atoms with Crippen LogP contribution in [0.1, 0.15) is 49.3 Å². The number of nitrogens with one attached hydrogen (secondary N) is 1. The Morgan fingerprint density at radius 2 is 1.98 bits per heavy atom. The summed E-state index contributed by atoms with van der Waals surface area (Å²) in [5.74, 6) is 0.220. The van der Waals surface area contributed by atoms with E-state index < -0.39 is 5.82 Å². The van der Waals surface area contributed by atoms with E-state index in [0.717, 1.165) is 83.0 Å². The maximum Gasteiger partial charge on any atom is 0.225 e. The molecule has 0 amide bonds. The number of hydrogen-bond acceptors (Lipinski definition) is 10. The number of ether oxygens (including phenoxy) is 1. The maximum absolute atomic E-state index is 14.6. The van der Waals surface area contributed by atoms with Gasteiger partial charge in [0.15, 0.2) is 5.82 Å². The van der Waals surface area contributed by atoms with Gasteiger partial charge in [-0.1, -0.05) is 0 Å². The first kappa shape index (κ1) is 27.2. The van der Waals surface area contributed by atoms with E-state index in [1.807, 2.05) is 20.2 Å². The quantitative estimate of drug-likeness (QED) is 0.310. The summed E-state index contributed by atoms with van der Waals surface area (Å²) in [6, 6.07) is 2.69. The maximum atomic E-state index is 14.6. The van der Waals surface area contributed by atoms with Gasteiger partial charge in [0.1, 0.15) is 11.1 Å². The molecule has 9 nitrogen and oxygen atoms in total. The second-order valence-electron chi connectivity index (χ2n) is 10.9. The van der Waals surface area contributed by atoms with Gasteiger partial charge in [-0.3, -0.25) is 4.98 Å². The number of thiophene rings is 1. The molecule has 0 radical (unpaired) electrons. The molecule has 208 valence electrons. The Kier molecular flexibility index (Phi) is 7.09. The molecule has 1 aromatic carbocycles. The normalized spacial score (nSPS) is 21.7. The second-order valence-corrected chi connectivity index (χ2v) is 12.5. The Morgan fingerprint density at radius 1 is 1.25 bits per heavy atom. The number of nitriles is 1. The van der Waals surface area contributed by atoms with Gasteiger partial charge in [-0.15, -0.1) is 20.6 Å². The van der Waals surface area contributed by atoms with Crippen LogP contribution in [0.4, 0.5) is 15.3 Å². The zero-order valence-electron chi connectivity index (χ0n) is 22.4. The summed E-state index contributed by atoms with van der Waals surface area (Å²) in [6.45, 7) is 4.60. The Hall–Kier alpha value is -3.00. The number of hydrogen-bond donors (Lipinski definition) is 3. The number of rotatable bonds is 3. The first-order valence-electron chi connectivity index (χ1n) is 13.3. The number of aliphatic hydroxyl groups is 1. The predicted molar refractivity (Wildman–Crippen MR) is 159 cm³/mol. The number of nitrogens with two attached hydrogens (primary N) is 1. The van der Waals surface area contributed by atoms with E-state index in [1.54, 1.807) is 0 Å². The molecule has 5 heterocycles. The number of pyridine rings is 1. The SMILES string of the molecule is CNC1CC(C)(O)C1.N#Cc1c(N)sc2c(F)cnc(-c3c4c(c5cnc(N6CCCC6)nc5c3P)COC4)c12. The molecule has 7 rings (SSSR count). The minimum Gasteiger partial charge on any atom is -0.390 e. The Bertz CT molecular complexity index is 1670. The highest BCUT2D eigenvalue weighted by Crippen LogP contribution is 2.43. The van der Waals surface area contributed by atoms with Crippen LogP contribution < -0.4 is 21.3 Å². The van der Waals surface area contributed by atoms with E-state index in [1.165, 1.54) is 6.20 Å². The Balaban J connectivity index is 0.000000313. The predicted octanol–water partition coefficient (Wildman–Crippen LogP) is 3.75. The van der Waals surface area contributed by atoms with Gasteiger partial charge in [0, 0.05) is 47.0 Å². The fraction of sp³-hybridized carbons (Fsp3) is 0.429. The summed E-state index contributed by atoms with van der Waals surface area (Å²) < 4.78 is 20.7. The molecule has 40 heavy (non-hydrogen) atoms. The van der Waals surface area contributed by atoms with Crippen molar-refractivity contribution < 1.29 is 14.2 Å². The minimum absolute atomic E-state index is 0.254. The van der Waals surface area contributed by atoms with Crippen molar-refractivity contribution in [2.75, 3.05) is 30.8 Å². The van der Waals surface area contributed by atoms with Crippen LogP contribution in [0.3, 0.4) is 0 Å². The van der Waals surface area contributed by atoms with Crippen LogP contribution in [0.5, 0.6) is 0 Å². The average Bonchev–Trinajstić information content (AvgIpc) is 3.69. The minimum atomic E-state index is -0.486. The van der Waals surface area contributed by atoms with Gasteiger partial charge in [-0.25, -0.2) is 14.4 Å². The van der Waals surface area contributed by atoms with Crippen LogP contribution in [-0.4, -0.2) is 51.8 Å². The van der Waals surface area contributed by atoms with Crippen LogP contribution in [-0.2, 0) is 18.0 Å². The molecule has 3 aromatic heterocycles. The average molecular weight is 580 g/mol. The number of halogens is 1. The van der Waals surface area contributed by atoms with Crippen LogP contribution >= 0.6 is 20.6 Å². The van der Waals surface area contributed by atoms with Crippen molar-refractivity contribution in [1.82, 2.24) is 20.3 Å². The standard InChI is InChI=1S/C22H18FN6OPS.C6H13NO/c23-14-7-26-18(16-10(5-24)21(25)32-20(14)16)15-13-9-30-8-12(13)11-6-27-22(28-17(11)19(15)31)29-3-1-2-4-29;1-6(8)3-5(4-6)7-2/h6-7H,1-4,8-9,25,31H2;5,7-8H,3-4H2,1-2H3. The third-order valence-corrected chi connectivity index (χ3v) is 9.59. The molecular formula is C28H31FN7O2PS. The van der Waals surface area contributed by atoms with Gasteiger partial charge in [-0.05, 0) is 50.8 Å². The van der Waals surface area contributed by atoms with E-state index in [0.29, 0.717) is 41.0 Å². The fourth-order valence-electron chi connectivity index (χ4n) is 5.91. The molecule has 12 heteroatoms. The van der Waals surface area contributed by atoms with Crippen molar-refractivity contribution in [1.29, 1.82) is 5.26 Å². The number of fused-ring (bicyclic) bond motifs is 4. The molecule has 4 aromatic rings. The highest BCUT2D eigenvalue weighted by molar-refractivity contribution is 7.29. The molecule has 1 saturated heterocycles. The van der Waals surface area contributed by atoms with Crippen LogP contribution in [0, 0.1) is 17.1 Å². The molecule has 2 aliphatic heterocycles. The van der Waals surface area contributed by atoms with Crippen molar-refractivity contribution in [3.05, 3.63) is 34.9 Å². The van der Waals surface area contributed by atoms with Crippen molar-refractivity contribution in [3.63, 3.8) is 0 Å². The number of benzene rings is 1. The van der Waals surface area contributed by atoms with Crippen molar-refractivity contribution in [2.24, 2.45) is 0 Å². The van der Waals surface area contributed by atoms with Gasteiger partial charge in [-0.2, -0.15) is 5.26 Å². The monoisotopic (exact) mass is 579 g/mol. The molecular weight excluding hydrogens is 548 g/mol. The van der Waals surface area contributed by atoms with Crippen LogP contribution in [0.25, 0.3) is 32.2 Å². The van der Waals surface area contributed by atoms with Crippen molar-refractivity contribution in [2.45, 2.75) is 57.5 Å². The summed E-state index contributed by atoms with van der Waals surface area (Å²) in [6.07, 6.45) is 7.14. The van der Waals surface area contributed by atoms with E-state index in [-0.39, 0.29) is 16.2 Å². The van der Waals surface area contributed by atoms with Crippen LogP contribution in [0.2, 0.25) is 0 Å². The second kappa shape index (κ2) is 10.4. The number of nitrogen functional groups attached to an aromatic ring is 1. The summed E-state index contributed by atoms with van der Waals surface area (Å²) in [5, 5.41) is 24.5. The number of nitrogens with zero attached hydrogens (tertiary/aromatic N) is 5. The van der Waals surface area contributed by atoms with E-state index in [9.17, 15) is 14.8 Å². The summed E-state index contributed by atoms with van der Waals surface area (Å²) >= 11 is 1.07. The molecule has 1 atom stereocenters. The smallest absolute Gasteiger partial charge is 0.225 e. The first-order valence-corrected chi connectivity index (χ1v) is 14.7. The molecule has 3 aliphatic rings. The third kappa shape index (κ3) is 4.58. The van der Waals surface area contributed by atoms with Crippen molar-refractivity contribution >= 4 is 57.8 Å². The van der Waals surface area contributed by atoms with Gasteiger partial charge in [0.05, 0.1) is 46.5 Å². The zero-order chi connectivity index (χ0) is 28.2. The molecule has 2 fully saturated rings. The largest absolute Gasteiger partial charge is 0.390 e. The first-order chi connectivity index (χ1) is 19.2. The third-order valence-electron chi connectivity index (χ3n) is 8.00. The Labute approximate surface area is 237 Å². The Morgan fingerprint density at radius 3 is 2.62 bits per heavy atom. The molecule has 0 bridgehead atoms. The van der Waals surface area contributed by atoms with Gasteiger partial charge in [0.25, 0.3) is 0 Å². The molecule has 1 unspecified atom stereocenters. The van der Waals surface area contributed by atoms with E-state index >= 15 is 0 Å². The lowest BCUT2D eigenvalue weighted by atomic mass is 9.77. The summed E-state index contributed by atoms with van der Waals surface area (Å²) in [5.41, 5.74) is 10.1. The lowest BCUT2D eigenvalue weighted by molar-refractivity contribution is -0.0369. The van der Waals surface area contributed by atoms with E-state index in [4.69, 9.17) is 15.5 Å². The zero-order valence-corrected chi connectivity index (χ0v) is 24.4. The summed E-state index contributed by atoms with van der Waals surface area (Å²) in [4.78, 5) is 16.2. The molecule has 1 saturated carbocycles. The number of aromatic nitrogens is 3. The molecule has 0 spiro atoms. The highest BCUT2D eigenvalue weighted by atomic mass is 32.1. The summed E-state index contributed by atoms with van der Waals surface area (Å²) in [7, 11) is 4.71. The lowest BCUT2D eigenvalue weighted by Crippen LogP contribution is -2.50. The molecule has 1 aliphatic carbocycles. The van der Waals surface area contributed by atoms with Gasteiger partial charge >= 0.3 is 0 Å². The highest BCUT2D eigenvalue weighted by Gasteiger charge is 2.37. The van der Waals surface area contributed by atoms with Crippen molar-refractivity contribution in [3.8, 4) is 17.3 Å².